The standard InChI is InChI=1S/C24H29.C10H12SSi.2ClH.Zr/c1-4-5-6-7-9-19-12-14-20(15-13-19)23-11-8-10-21-16-22(18(2)3)17-24(21)23;1-6-9-7-4-5-11-8(7)10(6)12(9,2)3;;;/h8,10-18H,4-7,9H2,1-3H3;4-5,10H,1-3H3;2*1H;/q;;;;+2/p-2. The fourth-order valence-electron chi connectivity index (χ4n) is 6.88. The second kappa shape index (κ2) is 13.5. The molecule has 0 N–H and O–H groups in total. The van der Waals surface area contributed by atoms with Crippen molar-refractivity contribution >= 4 is 30.7 Å². The molecule has 2 aliphatic carbocycles. The van der Waals surface area contributed by atoms with Crippen molar-refractivity contribution in [2.45, 2.75) is 82.1 Å². The van der Waals surface area contributed by atoms with E-state index >= 15 is 0 Å². The molecule has 205 valence electrons. The maximum Gasteiger partial charge on any atom is -1.00 e. The number of rotatable bonds is 7. The molecule has 2 aliphatic heterocycles. The van der Waals surface area contributed by atoms with Gasteiger partial charge in [0.25, 0.3) is 0 Å². The van der Waals surface area contributed by atoms with Crippen LogP contribution in [0.5, 0.6) is 0 Å². The van der Waals surface area contributed by atoms with Crippen molar-refractivity contribution in [2.24, 2.45) is 5.92 Å². The van der Waals surface area contributed by atoms with Gasteiger partial charge in [0.1, 0.15) is 0 Å². The van der Waals surface area contributed by atoms with Crippen LogP contribution >= 0.6 is 11.3 Å². The topological polar surface area (TPSA) is 0 Å². The monoisotopic (exact) mass is 669 g/mol. The Hall–Kier alpha value is -0.700. The van der Waals surface area contributed by atoms with Gasteiger partial charge < -0.3 is 24.8 Å². The van der Waals surface area contributed by atoms with E-state index in [2.05, 4.69) is 101 Å². The van der Waals surface area contributed by atoms with E-state index in [0.29, 0.717) is 9.54 Å². The van der Waals surface area contributed by atoms with E-state index in [1.165, 1.54) is 59.9 Å². The second-order valence-electron chi connectivity index (χ2n) is 12.0. The molecule has 4 aliphatic rings. The summed E-state index contributed by atoms with van der Waals surface area (Å²) in [5, 5.41) is 4.01. The number of unbranched alkanes of at least 4 members (excludes halogenated alkanes) is 3. The molecule has 0 spiro atoms. The number of fused-ring (bicyclic) bond motifs is 1. The van der Waals surface area contributed by atoms with Crippen LogP contribution in [0.15, 0.2) is 65.1 Å². The summed E-state index contributed by atoms with van der Waals surface area (Å²) in [6.45, 7) is 14.3. The van der Waals surface area contributed by atoms with Gasteiger partial charge in [-0.3, -0.25) is 0 Å². The molecule has 39 heavy (non-hydrogen) atoms. The summed E-state index contributed by atoms with van der Waals surface area (Å²) in [5.74, 6) is 0.634. The van der Waals surface area contributed by atoms with Gasteiger partial charge in [-0.25, -0.2) is 0 Å². The number of thiophene rings is 1. The Bertz CT molecular complexity index is 1350. The van der Waals surface area contributed by atoms with Crippen molar-refractivity contribution in [3.05, 3.63) is 92.2 Å². The molecule has 7 rings (SSSR count). The zero-order valence-corrected chi connectivity index (χ0v) is 30.0. The Morgan fingerprint density at radius 1 is 0.923 bits per heavy atom. The molecule has 0 amide bonds. The van der Waals surface area contributed by atoms with E-state index < -0.39 is 8.07 Å². The SMILES string of the molecule is CC1=C2c3ccsc3C1[Si]2(C)C.CCCCCCc1ccc(-c2cccc3c2C=C(C(C)C)[CH]3[Zr+2])cc1.[Cl-].[Cl-]. The number of hydrogen-bond acceptors (Lipinski definition) is 1. The molecule has 0 nitrogen and oxygen atoms in total. The average molecular weight is 672 g/mol. The zero-order chi connectivity index (χ0) is 26.3. The summed E-state index contributed by atoms with van der Waals surface area (Å²) in [5.41, 5.74) is 13.0. The summed E-state index contributed by atoms with van der Waals surface area (Å²) in [6.07, 6.45) is 9.02. The van der Waals surface area contributed by atoms with Gasteiger partial charge in [-0.15, -0.1) is 11.3 Å². The molecule has 0 saturated heterocycles. The molecule has 2 bridgehead atoms. The molecule has 0 fully saturated rings. The maximum atomic E-state index is 2.51. The molecule has 2 unspecified atom stereocenters. The summed E-state index contributed by atoms with van der Waals surface area (Å²) in [4.78, 5) is 1.68. The number of aryl methyl sites for hydroxylation is 1. The largest absolute Gasteiger partial charge is 1.00 e. The first-order chi connectivity index (χ1) is 17.8. The summed E-state index contributed by atoms with van der Waals surface area (Å²) < 4.78 is 0.639. The van der Waals surface area contributed by atoms with Crippen molar-refractivity contribution in [1.29, 1.82) is 0 Å². The molecule has 0 radical (unpaired) electrons. The molecule has 2 aromatic carbocycles. The van der Waals surface area contributed by atoms with Crippen LogP contribution < -0.4 is 24.8 Å². The first-order valence-corrected chi connectivity index (χ1v) is 19.6. The molecule has 3 aromatic rings. The van der Waals surface area contributed by atoms with Gasteiger partial charge in [0.15, 0.2) is 0 Å². The van der Waals surface area contributed by atoms with Crippen molar-refractivity contribution in [2.75, 3.05) is 0 Å². The maximum absolute atomic E-state index is 2.51. The van der Waals surface area contributed by atoms with Crippen molar-refractivity contribution < 1.29 is 49.5 Å². The molecule has 3 heterocycles. The van der Waals surface area contributed by atoms with Crippen LogP contribution in [-0.2, 0) is 31.1 Å². The summed E-state index contributed by atoms with van der Waals surface area (Å²) in [6, 6.07) is 18.5. The minimum absolute atomic E-state index is 0. The second-order valence-corrected chi connectivity index (χ2v) is 18.8. The Kier molecular flexibility index (Phi) is 11.4. The zero-order valence-electron chi connectivity index (χ0n) is 24.2. The van der Waals surface area contributed by atoms with Crippen LogP contribution in [0.4, 0.5) is 0 Å². The van der Waals surface area contributed by atoms with Gasteiger partial charge in [-0.1, -0.05) is 37.2 Å². The first-order valence-electron chi connectivity index (χ1n) is 14.2. The van der Waals surface area contributed by atoms with Gasteiger partial charge in [0, 0.05) is 10.4 Å². The number of allylic oxidation sites excluding steroid dienone is 2. The van der Waals surface area contributed by atoms with E-state index in [9.17, 15) is 0 Å². The Balaban J connectivity index is 0.000000251. The van der Waals surface area contributed by atoms with E-state index in [1.807, 2.05) is 11.3 Å². The van der Waals surface area contributed by atoms with Crippen molar-refractivity contribution in [3.63, 3.8) is 0 Å². The van der Waals surface area contributed by atoms with Gasteiger partial charge in [0.05, 0.1) is 8.07 Å². The third-order valence-electron chi connectivity index (χ3n) is 8.77. The Morgan fingerprint density at radius 3 is 2.26 bits per heavy atom. The molecular formula is C34H41Cl2SSiZr. The van der Waals surface area contributed by atoms with E-state index in [1.54, 1.807) is 51.5 Å². The predicted molar refractivity (Wildman–Crippen MR) is 162 cm³/mol. The van der Waals surface area contributed by atoms with Gasteiger partial charge >= 0.3 is 156 Å². The summed E-state index contributed by atoms with van der Waals surface area (Å²) in [7, 11) is -0.972. The fourth-order valence-corrected chi connectivity index (χ4v) is 14.8. The van der Waals surface area contributed by atoms with Crippen LogP contribution in [0, 0.1) is 5.92 Å². The first kappa shape index (κ1) is 32.8. The van der Waals surface area contributed by atoms with Gasteiger partial charge in [-0.2, -0.15) is 0 Å². The van der Waals surface area contributed by atoms with E-state index in [4.69, 9.17) is 0 Å². The normalized spacial score (nSPS) is 19.3. The van der Waals surface area contributed by atoms with Crippen molar-refractivity contribution in [1.82, 2.24) is 0 Å². The molecule has 2 atom stereocenters. The summed E-state index contributed by atoms with van der Waals surface area (Å²) >= 11 is 3.57. The molecule has 1 aromatic heterocycles. The number of halogens is 2. The Morgan fingerprint density at radius 2 is 1.64 bits per heavy atom. The van der Waals surface area contributed by atoms with Crippen LogP contribution in [0.1, 0.15) is 89.7 Å². The Labute approximate surface area is 269 Å². The quantitative estimate of drug-likeness (QED) is 0.256. The molecule has 0 saturated carbocycles. The van der Waals surface area contributed by atoms with Crippen LogP contribution in [0.25, 0.3) is 22.4 Å². The fraction of sp³-hybridized carbons (Fsp3) is 0.412. The number of hydrogen-bond donors (Lipinski definition) is 0. The van der Waals surface area contributed by atoms with Crippen LogP contribution in [0.2, 0.25) is 13.1 Å². The van der Waals surface area contributed by atoms with Gasteiger partial charge in [-0.05, 0) is 23.9 Å². The molecule has 5 heteroatoms. The van der Waals surface area contributed by atoms with Crippen molar-refractivity contribution in [3.8, 4) is 11.1 Å². The van der Waals surface area contributed by atoms with Crippen LogP contribution in [0.3, 0.4) is 0 Å². The third-order valence-corrected chi connectivity index (χ3v) is 15.7. The van der Waals surface area contributed by atoms with Gasteiger partial charge in [0.2, 0.25) is 0 Å². The van der Waals surface area contributed by atoms with E-state index in [-0.39, 0.29) is 24.8 Å². The predicted octanol–water partition coefficient (Wildman–Crippen LogP) is 4.54. The average Bonchev–Trinajstić information content (AvgIpc) is 3.59. The third kappa shape index (κ3) is 6.10. The smallest absolute Gasteiger partial charge is 1.00 e. The van der Waals surface area contributed by atoms with Crippen LogP contribution in [-0.4, -0.2) is 8.07 Å². The minimum Gasteiger partial charge on any atom is -1.00 e. The molecular weight excluding hydrogens is 631 g/mol. The van der Waals surface area contributed by atoms with E-state index in [0.717, 1.165) is 5.54 Å². The minimum atomic E-state index is -0.972. The number of benzene rings is 2.